The van der Waals surface area contributed by atoms with Crippen LogP contribution in [0, 0.1) is 5.41 Å². The molecule has 1 unspecified atom stereocenters. The summed E-state index contributed by atoms with van der Waals surface area (Å²) in [5.74, 6) is 0. The van der Waals surface area contributed by atoms with Gasteiger partial charge in [0.15, 0.2) is 6.29 Å². The van der Waals surface area contributed by atoms with Gasteiger partial charge in [-0.3, -0.25) is 0 Å². The molecule has 0 spiro atoms. The summed E-state index contributed by atoms with van der Waals surface area (Å²) in [6, 6.07) is 0. The Bertz CT molecular complexity index is 148. The Labute approximate surface area is 92.5 Å². The number of hydrogen-bond acceptors (Lipinski definition) is 4. The molecule has 0 amide bonds. The lowest BCUT2D eigenvalue weighted by Gasteiger charge is -2.28. The van der Waals surface area contributed by atoms with E-state index >= 15 is 0 Å². The van der Waals surface area contributed by atoms with Crippen LogP contribution in [0.1, 0.15) is 27.2 Å². The Morgan fingerprint density at radius 1 is 1.13 bits per heavy atom. The Balaban J connectivity index is 3.43. The molecule has 92 valence electrons. The number of rotatable bonds is 9. The molecule has 0 heterocycles. The van der Waals surface area contributed by atoms with E-state index in [1.165, 1.54) is 0 Å². The predicted octanol–water partition coefficient (Wildman–Crippen LogP) is 1.42. The molecule has 15 heavy (non-hydrogen) atoms. The van der Waals surface area contributed by atoms with Crippen LogP contribution < -0.4 is 0 Å². The average Bonchev–Trinajstić information content (AvgIpc) is 2.22. The van der Waals surface area contributed by atoms with E-state index in [2.05, 4.69) is 0 Å². The van der Waals surface area contributed by atoms with Crippen LogP contribution in [0.2, 0.25) is 0 Å². The highest BCUT2D eigenvalue weighted by Gasteiger charge is 2.26. The molecular formula is C11H24O4. The molecule has 0 aliphatic heterocycles. The first-order valence-electron chi connectivity index (χ1n) is 5.41. The molecule has 0 aromatic carbocycles. The fraction of sp³-hybridized carbons (Fsp3) is 1.00. The average molecular weight is 220 g/mol. The van der Waals surface area contributed by atoms with Crippen LogP contribution in [0.3, 0.4) is 0 Å². The zero-order valence-corrected chi connectivity index (χ0v) is 10.3. The van der Waals surface area contributed by atoms with Gasteiger partial charge in [0.2, 0.25) is 0 Å². The van der Waals surface area contributed by atoms with Gasteiger partial charge in [-0.2, -0.15) is 0 Å². The number of ether oxygens (including phenoxy) is 3. The molecule has 1 atom stereocenters. The minimum absolute atomic E-state index is 0.202. The molecule has 0 radical (unpaired) electrons. The molecule has 0 rings (SSSR count). The normalized spacial score (nSPS) is 14.2. The molecule has 0 saturated heterocycles. The van der Waals surface area contributed by atoms with Gasteiger partial charge >= 0.3 is 0 Å². The molecule has 0 aliphatic rings. The van der Waals surface area contributed by atoms with Gasteiger partial charge in [-0.15, -0.1) is 0 Å². The van der Waals surface area contributed by atoms with E-state index in [0.29, 0.717) is 26.4 Å². The van der Waals surface area contributed by atoms with E-state index in [0.717, 1.165) is 6.42 Å². The maximum Gasteiger partial charge on any atom is 0.159 e. The van der Waals surface area contributed by atoms with E-state index in [1.807, 2.05) is 20.8 Å². The minimum atomic E-state index is -0.728. The largest absolute Gasteiger partial charge is 0.382 e. The molecule has 0 aromatic heterocycles. The number of aliphatic hydroxyl groups is 1. The van der Waals surface area contributed by atoms with Gasteiger partial charge in [0, 0.05) is 12.5 Å². The molecule has 0 bridgehead atoms. The Morgan fingerprint density at radius 2 is 1.73 bits per heavy atom. The summed E-state index contributed by atoms with van der Waals surface area (Å²) in [4.78, 5) is 0. The molecule has 0 saturated carbocycles. The van der Waals surface area contributed by atoms with Crippen LogP contribution in [0.25, 0.3) is 0 Å². The van der Waals surface area contributed by atoms with Crippen LogP contribution in [-0.4, -0.2) is 44.9 Å². The number of hydrogen-bond donors (Lipinski definition) is 1. The molecule has 0 fully saturated rings. The van der Waals surface area contributed by atoms with Crippen molar-refractivity contribution in [3.05, 3.63) is 0 Å². The minimum Gasteiger partial charge on any atom is -0.382 e. The highest BCUT2D eigenvalue weighted by Crippen LogP contribution is 2.25. The van der Waals surface area contributed by atoms with Gasteiger partial charge < -0.3 is 19.3 Å². The fourth-order valence-electron chi connectivity index (χ4n) is 0.863. The summed E-state index contributed by atoms with van der Waals surface area (Å²) >= 11 is 0. The molecule has 1 N–H and O–H groups in total. The van der Waals surface area contributed by atoms with Crippen molar-refractivity contribution in [1.29, 1.82) is 0 Å². The van der Waals surface area contributed by atoms with Crippen LogP contribution in [0.15, 0.2) is 0 Å². The standard InChI is InChI=1S/C11H24O4/c1-5-11(2,3)10(12)15-9-8-14-7-6-13-4/h10,12H,5-9H2,1-4H3. The second-order valence-corrected chi connectivity index (χ2v) is 4.17. The summed E-state index contributed by atoms with van der Waals surface area (Å²) in [6.07, 6.45) is 0.145. The lowest BCUT2D eigenvalue weighted by Crippen LogP contribution is -2.32. The summed E-state index contributed by atoms with van der Waals surface area (Å²) < 4.78 is 15.3. The van der Waals surface area contributed by atoms with Crippen LogP contribution in [0.4, 0.5) is 0 Å². The van der Waals surface area contributed by atoms with Crippen molar-refractivity contribution in [3.8, 4) is 0 Å². The smallest absolute Gasteiger partial charge is 0.159 e. The highest BCUT2D eigenvalue weighted by atomic mass is 16.6. The second kappa shape index (κ2) is 8.05. The van der Waals surface area contributed by atoms with Gasteiger partial charge in [-0.25, -0.2) is 0 Å². The van der Waals surface area contributed by atoms with Crippen LogP contribution >= 0.6 is 0 Å². The van der Waals surface area contributed by atoms with E-state index < -0.39 is 6.29 Å². The fourth-order valence-corrected chi connectivity index (χ4v) is 0.863. The topological polar surface area (TPSA) is 47.9 Å². The number of aliphatic hydroxyl groups excluding tert-OH is 1. The Morgan fingerprint density at radius 3 is 2.27 bits per heavy atom. The quantitative estimate of drug-likeness (QED) is 0.471. The van der Waals surface area contributed by atoms with E-state index in [4.69, 9.17) is 14.2 Å². The van der Waals surface area contributed by atoms with Gasteiger partial charge in [0.25, 0.3) is 0 Å². The Kier molecular flexibility index (Phi) is 7.96. The van der Waals surface area contributed by atoms with Crippen molar-refractivity contribution >= 4 is 0 Å². The summed E-state index contributed by atoms with van der Waals surface area (Å²) in [7, 11) is 1.63. The van der Waals surface area contributed by atoms with Crippen molar-refractivity contribution in [2.75, 3.05) is 33.5 Å². The molecular weight excluding hydrogens is 196 g/mol. The van der Waals surface area contributed by atoms with Crippen LogP contribution in [-0.2, 0) is 14.2 Å². The predicted molar refractivity (Wildman–Crippen MR) is 58.7 cm³/mol. The van der Waals surface area contributed by atoms with Gasteiger partial charge in [0.05, 0.1) is 26.4 Å². The van der Waals surface area contributed by atoms with Crippen LogP contribution in [0.5, 0.6) is 0 Å². The zero-order valence-electron chi connectivity index (χ0n) is 10.3. The van der Waals surface area contributed by atoms with Crippen molar-refractivity contribution in [3.63, 3.8) is 0 Å². The molecule has 0 aromatic rings. The monoisotopic (exact) mass is 220 g/mol. The first-order chi connectivity index (χ1) is 7.04. The van der Waals surface area contributed by atoms with Crippen molar-refractivity contribution in [2.45, 2.75) is 33.5 Å². The summed E-state index contributed by atoms with van der Waals surface area (Å²) in [5.41, 5.74) is -0.202. The number of methoxy groups -OCH3 is 1. The van der Waals surface area contributed by atoms with E-state index in [9.17, 15) is 5.11 Å². The van der Waals surface area contributed by atoms with Crippen molar-refractivity contribution < 1.29 is 19.3 Å². The third-order valence-electron chi connectivity index (χ3n) is 2.51. The van der Waals surface area contributed by atoms with E-state index in [1.54, 1.807) is 7.11 Å². The van der Waals surface area contributed by atoms with Gasteiger partial charge in [-0.05, 0) is 6.42 Å². The van der Waals surface area contributed by atoms with Gasteiger partial charge in [-0.1, -0.05) is 20.8 Å². The summed E-state index contributed by atoms with van der Waals surface area (Å²) in [5, 5.41) is 9.68. The van der Waals surface area contributed by atoms with E-state index in [-0.39, 0.29) is 5.41 Å². The molecule has 4 heteroatoms. The third kappa shape index (κ3) is 6.84. The SMILES string of the molecule is CCC(C)(C)C(O)OCCOCCOC. The lowest BCUT2D eigenvalue weighted by atomic mass is 9.90. The third-order valence-corrected chi connectivity index (χ3v) is 2.51. The maximum atomic E-state index is 9.68. The first kappa shape index (κ1) is 14.8. The molecule has 0 aliphatic carbocycles. The lowest BCUT2D eigenvalue weighted by molar-refractivity contribution is -0.173. The second-order valence-electron chi connectivity index (χ2n) is 4.17. The maximum absolute atomic E-state index is 9.68. The van der Waals surface area contributed by atoms with Crippen molar-refractivity contribution in [2.24, 2.45) is 5.41 Å². The highest BCUT2D eigenvalue weighted by molar-refractivity contribution is 4.69. The Hall–Kier alpha value is -0.160. The molecule has 4 nitrogen and oxygen atoms in total. The zero-order chi connectivity index (χ0) is 11.7. The first-order valence-corrected chi connectivity index (χ1v) is 5.41. The van der Waals surface area contributed by atoms with Crippen molar-refractivity contribution in [1.82, 2.24) is 0 Å². The van der Waals surface area contributed by atoms with Gasteiger partial charge in [0.1, 0.15) is 0 Å². The summed E-state index contributed by atoms with van der Waals surface area (Å²) in [6.45, 7) is 8.03.